The van der Waals surface area contributed by atoms with Crippen LogP contribution in [0.4, 0.5) is 0 Å². The van der Waals surface area contributed by atoms with Crippen molar-refractivity contribution in [3.05, 3.63) is 42.2 Å². The van der Waals surface area contributed by atoms with Gasteiger partial charge in [-0.3, -0.25) is 10.2 Å². The molecule has 5 nitrogen and oxygen atoms in total. The van der Waals surface area contributed by atoms with Crippen LogP contribution in [0.3, 0.4) is 0 Å². The highest BCUT2D eigenvalue weighted by Crippen LogP contribution is 2.26. The molecule has 0 saturated carbocycles. The molecule has 0 aliphatic heterocycles. The summed E-state index contributed by atoms with van der Waals surface area (Å²) < 4.78 is 4.77. The second-order valence-corrected chi connectivity index (χ2v) is 5.54. The van der Waals surface area contributed by atoms with Gasteiger partial charge in [-0.2, -0.15) is 4.37 Å². The van der Waals surface area contributed by atoms with Crippen molar-refractivity contribution in [1.82, 2.24) is 14.8 Å². The molecule has 2 aromatic rings. The predicted octanol–water partition coefficient (Wildman–Crippen LogP) is 1.40. The second-order valence-electron chi connectivity index (χ2n) is 3.49. The highest BCUT2D eigenvalue weighted by Gasteiger charge is 2.20. The zero-order valence-corrected chi connectivity index (χ0v) is 11.1. The minimum absolute atomic E-state index is 0.196. The second kappa shape index (κ2) is 6.48. The van der Waals surface area contributed by atoms with Crippen molar-refractivity contribution in [2.45, 2.75) is 10.3 Å². The van der Waals surface area contributed by atoms with Crippen molar-refractivity contribution in [3.63, 3.8) is 0 Å². The number of hydrogen-bond acceptors (Lipinski definition) is 6. The van der Waals surface area contributed by atoms with Crippen LogP contribution >= 0.6 is 23.3 Å². The first-order chi connectivity index (χ1) is 8.81. The lowest BCUT2D eigenvalue weighted by Gasteiger charge is -2.14. The average molecular weight is 280 g/mol. The third kappa shape index (κ3) is 3.28. The number of amides is 1. The van der Waals surface area contributed by atoms with E-state index in [9.17, 15) is 4.79 Å². The van der Waals surface area contributed by atoms with Crippen LogP contribution < -0.4 is 11.3 Å². The van der Waals surface area contributed by atoms with Gasteiger partial charge in [-0.1, -0.05) is 42.1 Å². The minimum Gasteiger partial charge on any atom is -0.294 e. The SMILES string of the molecule is NNC(=O)C(CSc1ncns1)c1ccccc1. The van der Waals surface area contributed by atoms with Crippen LogP contribution in [0, 0.1) is 0 Å². The number of carbonyl (C=O) groups excluding carboxylic acids is 1. The van der Waals surface area contributed by atoms with Gasteiger partial charge in [0.05, 0.1) is 5.92 Å². The molecule has 0 aliphatic carbocycles. The van der Waals surface area contributed by atoms with Gasteiger partial charge >= 0.3 is 0 Å². The first kappa shape index (κ1) is 13.0. The topological polar surface area (TPSA) is 80.9 Å². The van der Waals surface area contributed by atoms with Crippen molar-refractivity contribution in [1.29, 1.82) is 0 Å². The Bertz CT molecular complexity index is 489. The summed E-state index contributed by atoms with van der Waals surface area (Å²) in [6, 6.07) is 9.56. The smallest absolute Gasteiger partial charge is 0.242 e. The zero-order valence-electron chi connectivity index (χ0n) is 9.45. The highest BCUT2D eigenvalue weighted by atomic mass is 32.2. The molecule has 1 aromatic carbocycles. The lowest BCUT2D eigenvalue weighted by atomic mass is 10.0. The fourth-order valence-electron chi connectivity index (χ4n) is 1.49. The third-order valence-electron chi connectivity index (χ3n) is 2.38. The van der Waals surface area contributed by atoms with E-state index in [0.29, 0.717) is 5.75 Å². The van der Waals surface area contributed by atoms with Gasteiger partial charge in [-0.25, -0.2) is 10.8 Å². The number of carbonyl (C=O) groups is 1. The van der Waals surface area contributed by atoms with E-state index in [1.807, 2.05) is 30.3 Å². The molecule has 7 heteroatoms. The van der Waals surface area contributed by atoms with E-state index >= 15 is 0 Å². The van der Waals surface area contributed by atoms with E-state index in [1.165, 1.54) is 29.6 Å². The van der Waals surface area contributed by atoms with Crippen LogP contribution in [0.15, 0.2) is 41.0 Å². The van der Waals surface area contributed by atoms with E-state index in [0.717, 1.165) is 9.90 Å². The third-order valence-corrected chi connectivity index (χ3v) is 4.27. The van der Waals surface area contributed by atoms with Crippen molar-refractivity contribution in [3.8, 4) is 0 Å². The predicted molar refractivity (Wildman–Crippen MR) is 72.1 cm³/mol. The van der Waals surface area contributed by atoms with Crippen LogP contribution in [0.25, 0.3) is 0 Å². The summed E-state index contributed by atoms with van der Waals surface area (Å²) in [6.07, 6.45) is 1.51. The quantitative estimate of drug-likeness (QED) is 0.374. The number of hydrazine groups is 1. The summed E-state index contributed by atoms with van der Waals surface area (Å²) in [4.78, 5) is 15.9. The van der Waals surface area contributed by atoms with E-state index in [4.69, 9.17) is 5.84 Å². The number of nitrogens with one attached hydrogen (secondary N) is 1. The summed E-state index contributed by atoms with van der Waals surface area (Å²) in [5.41, 5.74) is 3.15. The molecule has 0 bridgehead atoms. The maximum Gasteiger partial charge on any atom is 0.242 e. The molecule has 0 spiro atoms. The van der Waals surface area contributed by atoms with Gasteiger partial charge in [0, 0.05) is 5.75 Å². The number of nitrogens with two attached hydrogens (primary N) is 1. The molecule has 0 aliphatic rings. The Balaban J connectivity index is 2.09. The van der Waals surface area contributed by atoms with Crippen LogP contribution in [-0.2, 0) is 4.79 Å². The average Bonchev–Trinajstić information content (AvgIpc) is 2.93. The van der Waals surface area contributed by atoms with Crippen LogP contribution in [0.2, 0.25) is 0 Å². The molecule has 1 atom stereocenters. The summed E-state index contributed by atoms with van der Waals surface area (Å²) in [6.45, 7) is 0. The Morgan fingerprint density at radius 1 is 1.44 bits per heavy atom. The van der Waals surface area contributed by atoms with E-state index in [2.05, 4.69) is 14.8 Å². The van der Waals surface area contributed by atoms with Crippen molar-refractivity contribution >= 4 is 29.2 Å². The van der Waals surface area contributed by atoms with Gasteiger partial charge in [0.2, 0.25) is 5.91 Å². The Kier molecular flexibility index (Phi) is 4.68. The lowest BCUT2D eigenvalue weighted by Crippen LogP contribution is -2.35. The molecular formula is C11H12N4OS2. The number of thioether (sulfide) groups is 1. The van der Waals surface area contributed by atoms with Crippen molar-refractivity contribution < 1.29 is 4.79 Å². The van der Waals surface area contributed by atoms with E-state index in [-0.39, 0.29) is 11.8 Å². The van der Waals surface area contributed by atoms with Gasteiger partial charge in [0.25, 0.3) is 0 Å². The molecular weight excluding hydrogens is 268 g/mol. The van der Waals surface area contributed by atoms with Crippen LogP contribution in [0.5, 0.6) is 0 Å². The summed E-state index contributed by atoms with van der Waals surface area (Å²) >= 11 is 2.82. The summed E-state index contributed by atoms with van der Waals surface area (Å²) in [5.74, 6) is 5.33. The van der Waals surface area contributed by atoms with Gasteiger partial charge in [-0.15, -0.1) is 0 Å². The molecule has 1 aromatic heterocycles. The Morgan fingerprint density at radius 2 is 2.22 bits per heavy atom. The molecule has 0 radical (unpaired) electrons. The maximum absolute atomic E-state index is 11.8. The molecule has 2 rings (SSSR count). The molecule has 1 unspecified atom stereocenters. The largest absolute Gasteiger partial charge is 0.294 e. The molecule has 0 saturated heterocycles. The standard InChI is InChI=1S/C11H12N4OS2/c12-15-10(16)9(8-4-2-1-3-5-8)6-17-11-13-7-14-18-11/h1-5,7,9H,6,12H2,(H,15,16). The number of aromatic nitrogens is 2. The summed E-state index contributed by atoms with van der Waals surface area (Å²) in [7, 11) is 0. The first-order valence-electron chi connectivity index (χ1n) is 5.26. The molecule has 3 N–H and O–H groups in total. The number of benzene rings is 1. The maximum atomic E-state index is 11.8. The van der Waals surface area contributed by atoms with Crippen molar-refractivity contribution in [2.75, 3.05) is 5.75 Å². The minimum atomic E-state index is -0.287. The monoisotopic (exact) mass is 280 g/mol. The van der Waals surface area contributed by atoms with Gasteiger partial charge in [-0.05, 0) is 17.1 Å². The normalized spacial score (nSPS) is 12.1. The molecule has 1 amide bonds. The van der Waals surface area contributed by atoms with E-state index < -0.39 is 0 Å². The number of nitrogens with zero attached hydrogens (tertiary/aromatic N) is 2. The summed E-state index contributed by atoms with van der Waals surface area (Å²) in [5, 5.41) is 0. The van der Waals surface area contributed by atoms with Crippen LogP contribution in [-0.4, -0.2) is 21.0 Å². The first-order valence-corrected chi connectivity index (χ1v) is 7.02. The lowest BCUT2D eigenvalue weighted by molar-refractivity contribution is -0.122. The fourth-order valence-corrected chi connectivity index (χ4v) is 3.09. The number of rotatable bonds is 5. The molecule has 18 heavy (non-hydrogen) atoms. The number of hydrogen-bond donors (Lipinski definition) is 2. The molecule has 0 fully saturated rings. The fraction of sp³-hybridized carbons (Fsp3) is 0.182. The van der Waals surface area contributed by atoms with Gasteiger partial charge in [0.15, 0.2) is 4.34 Å². The molecule has 94 valence electrons. The Morgan fingerprint density at radius 3 is 2.83 bits per heavy atom. The Labute approximate surface area is 113 Å². The zero-order chi connectivity index (χ0) is 12.8. The van der Waals surface area contributed by atoms with Gasteiger partial charge in [0.1, 0.15) is 6.33 Å². The van der Waals surface area contributed by atoms with Gasteiger partial charge < -0.3 is 0 Å². The Hall–Kier alpha value is -1.44. The van der Waals surface area contributed by atoms with Crippen molar-refractivity contribution in [2.24, 2.45) is 5.84 Å². The highest BCUT2D eigenvalue weighted by molar-refractivity contribution is 8.01. The molecule has 1 heterocycles. The van der Waals surface area contributed by atoms with Crippen LogP contribution in [0.1, 0.15) is 11.5 Å². The van der Waals surface area contributed by atoms with E-state index in [1.54, 1.807) is 0 Å².